The highest BCUT2D eigenvalue weighted by atomic mass is 16.5. The molecule has 1 saturated heterocycles. The van der Waals surface area contributed by atoms with E-state index in [1.54, 1.807) is 0 Å². The topological polar surface area (TPSA) is 12.5 Å². The first kappa shape index (κ1) is 13.0. The number of nitrogens with zero attached hydrogens (tertiary/aromatic N) is 1. The third-order valence-corrected chi connectivity index (χ3v) is 3.80. The fourth-order valence-electron chi connectivity index (χ4n) is 2.60. The summed E-state index contributed by atoms with van der Waals surface area (Å²) in [6.45, 7) is 4.17. The molecule has 2 nitrogen and oxygen atoms in total. The van der Waals surface area contributed by atoms with Crippen molar-refractivity contribution in [3.63, 3.8) is 0 Å². The van der Waals surface area contributed by atoms with E-state index in [0.29, 0.717) is 6.10 Å². The van der Waals surface area contributed by atoms with E-state index in [-0.39, 0.29) is 0 Å². The number of ether oxygens (including phenoxy) is 1. The Morgan fingerprint density at radius 3 is 2.45 bits per heavy atom. The summed E-state index contributed by atoms with van der Waals surface area (Å²) in [6.07, 6.45) is 2.46. The van der Waals surface area contributed by atoms with Gasteiger partial charge in [-0.3, -0.25) is 0 Å². The van der Waals surface area contributed by atoms with Gasteiger partial charge in [0.25, 0.3) is 0 Å². The number of anilines is 1. The number of piperidine rings is 1. The summed E-state index contributed by atoms with van der Waals surface area (Å²) in [7, 11) is 0. The van der Waals surface area contributed by atoms with Crippen LogP contribution < -0.4 is 9.64 Å². The van der Waals surface area contributed by atoms with E-state index in [0.717, 1.165) is 31.7 Å². The van der Waals surface area contributed by atoms with Gasteiger partial charge < -0.3 is 9.64 Å². The molecule has 2 aromatic rings. The molecule has 1 aliphatic rings. The summed E-state index contributed by atoms with van der Waals surface area (Å²) >= 11 is 0. The first-order chi connectivity index (χ1) is 9.81. The fourth-order valence-corrected chi connectivity index (χ4v) is 2.60. The Kier molecular flexibility index (Phi) is 3.91. The molecule has 1 aliphatic heterocycles. The van der Waals surface area contributed by atoms with Gasteiger partial charge in [-0.05, 0) is 25.1 Å². The summed E-state index contributed by atoms with van der Waals surface area (Å²) < 4.78 is 6.06. The summed E-state index contributed by atoms with van der Waals surface area (Å²) in [5.74, 6) is 0.986. The van der Waals surface area contributed by atoms with E-state index < -0.39 is 0 Å². The van der Waals surface area contributed by atoms with E-state index in [9.17, 15) is 0 Å². The second kappa shape index (κ2) is 6.00. The molecule has 0 aromatic heterocycles. The molecular formula is C18H20NO. The van der Waals surface area contributed by atoms with Crippen molar-refractivity contribution in [2.24, 2.45) is 0 Å². The minimum Gasteiger partial charge on any atom is -0.490 e. The minimum absolute atomic E-state index is 0.331. The summed E-state index contributed by atoms with van der Waals surface area (Å²) in [6, 6.07) is 19.8. The zero-order valence-electron chi connectivity index (χ0n) is 11.9. The van der Waals surface area contributed by atoms with Crippen LogP contribution in [0.2, 0.25) is 0 Å². The van der Waals surface area contributed by atoms with Crippen LogP contribution in [0, 0.1) is 13.0 Å². The van der Waals surface area contributed by atoms with Gasteiger partial charge in [0.1, 0.15) is 11.9 Å². The monoisotopic (exact) mass is 266 g/mol. The van der Waals surface area contributed by atoms with Crippen LogP contribution in [0.3, 0.4) is 0 Å². The molecule has 0 amide bonds. The Hall–Kier alpha value is -1.96. The molecule has 3 rings (SSSR count). The van der Waals surface area contributed by atoms with Gasteiger partial charge in [0, 0.05) is 37.7 Å². The van der Waals surface area contributed by atoms with Crippen LogP contribution in [0.4, 0.5) is 5.69 Å². The van der Waals surface area contributed by atoms with Gasteiger partial charge in [0.15, 0.2) is 0 Å². The number of hydrogen-bond donors (Lipinski definition) is 0. The molecule has 2 aromatic carbocycles. The van der Waals surface area contributed by atoms with Gasteiger partial charge in [0.2, 0.25) is 0 Å². The molecule has 1 radical (unpaired) electrons. The maximum atomic E-state index is 6.06. The Bertz CT molecular complexity index is 527. The Morgan fingerprint density at radius 1 is 1.05 bits per heavy atom. The summed E-state index contributed by atoms with van der Waals surface area (Å²) in [4.78, 5) is 2.38. The van der Waals surface area contributed by atoms with Gasteiger partial charge >= 0.3 is 0 Å². The van der Waals surface area contributed by atoms with Crippen LogP contribution in [0.1, 0.15) is 18.4 Å². The van der Waals surface area contributed by atoms with Crippen LogP contribution >= 0.6 is 0 Å². The normalized spacial score (nSPS) is 16.1. The van der Waals surface area contributed by atoms with Crippen LogP contribution in [-0.2, 0) is 0 Å². The number of aryl methyl sites for hydroxylation is 1. The van der Waals surface area contributed by atoms with Crippen molar-refractivity contribution in [3.05, 3.63) is 60.2 Å². The molecule has 0 aliphatic carbocycles. The summed E-state index contributed by atoms with van der Waals surface area (Å²) in [5.41, 5.74) is 2.47. The van der Waals surface area contributed by atoms with E-state index in [2.05, 4.69) is 54.3 Å². The second-order valence-electron chi connectivity index (χ2n) is 5.37. The van der Waals surface area contributed by atoms with Gasteiger partial charge in [0.05, 0.1) is 0 Å². The largest absolute Gasteiger partial charge is 0.490 e. The minimum atomic E-state index is 0.331. The van der Waals surface area contributed by atoms with Gasteiger partial charge in [-0.15, -0.1) is 0 Å². The molecule has 1 fully saturated rings. The standard InChI is InChI=1S/C18H20NO/c1-15-7-9-17(10-8-15)20-18-11-13-19(14-12-18)16-5-3-2-4-6-16/h2-5,7-10,18H,11-14H2,1H3. The Labute approximate surface area is 121 Å². The van der Waals surface area contributed by atoms with Crippen LogP contribution in [0.25, 0.3) is 0 Å². The lowest BCUT2D eigenvalue weighted by atomic mass is 10.1. The highest BCUT2D eigenvalue weighted by Crippen LogP contribution is 2.22. The first-order valence-electron chi connectivity index (χ1n) is 7.26. The molecule has 20 heavy (non-hydrogen) atoms. The second-order valence-corrected chi connectivity index (χ2v) is 5.37. The highest BCUT2D eigenvalue weighted by molar-refractivity contribution is 5.45. The molecule has 2 heteroatoms. The molecule has 0 atom stereocenters. The molecule has 1 heterocycles. The maximum absolute atomic E-state index is 6.06. The van der Waals surface area contributed by atoms with Crippen molar-refractivity contribution in [2.75, 3.05) is 18.0 Å². The van der Waals surface area contributed by atoms with Crippen LogP contribution in [0.15, 0.2) is 48.5 Å². The number of rotatable bonds is 3. The fraction of sp³-hybridized carbons (Fsp3) is 0.333. The van der Waals surface area contributed by atoms with Crippen molar-refractivity contribution < 1.29 is 4.74 Å². The van der Waals surface area contributed by atoms with E-state index >= 15 is 0 Å². The molecule has 0 N–H and O–H groups in total. The van der Waals surface area contributed by atoms with Crippen LogP contribution in [0.5, 0.6) is 5.75 Å². The number of benzene rings is 2. The quantitative estimate of drug-likeness (QED) is 0.837. The van der Waals surface area contributed by atoms with Crippen molar-refractivity contribution in [2.45, 2.75) is 25.9 Å². The molecular weight excluding hydrogens is 246 g/mol. The third-order valence-electron chi connectivity index (χ3n) is 3.80. The number of hydrogen-bond acceptors (Lipinski definition) is 2. The lowest BCUT2D eigenvalue weighted by Gasteiger charge is -2.33. The van der Waals surface area contributed by atoms with Crippen LogP contribution in [-0.4, -0.2) is 19.2 Å². The molecule has 103 valence electrons. The zero-order chi connectivity index (χ0) is 13.8. The summed E-state index contributed by atoms with van der Waals surface area (Å²) in [5, 5.41) is 0. The predicted molar refractivity (Wildman–Crippen MR) is 82.3 cm³/mol. The SMILES string of the molecule is Cc1ccc(OC2CCN(c3[c]cccc3)CC2)cc1. The van der Waals surface area contributed by atoms with Crippen molar-refractivity contribution in [1.29, 1.82) is 0 Å². The lowest BCUT2D eigenvalue weighted by molar-refractivity contribution is 0.171. The van der Waals surface area contributed by atoms with Gasteiger partial charge in [-0.25, -0.2) is 0 Å². The third kappa shape index (κ3) is 3.13. The number of para-hydroxylation sites is 1. The Morgan fingerprint density at radius 2 is 1.80 bits per heavy atom. The lowest BCUT2D eigenvalue weighted by Crippen LogP contribution is -2.38. The average molecular weight is 266 g/mol. The van der Waals surface area contributed by atoms with Gasteiger partial charge in [-0.1, -0.05) is 35.9 Å². The molecule has 0 spiro atoms. The van der Waals surface area contributed by atoms with Gasteiger partial charge in [-0.2, -0.15) is 0 Å². The first-order valence-corrected chi connectivity index (χ1v) is 7.26. The van der Waals surface area contributed by atoms with Crippen molar-refractivity contribution in [1.82, 2.24) is 0 Å². The molecule has 0 unspecified atom stereocenters. The maximum Gasteiger partial charge on any atom is 0.119 e. The molecule has 0 saturated carbocycles. The molecule has 0 bridgehead atoms. The highest BCUT2D eigenvalue weighted by Gasteiger charge is 2.20. The smallest absolute Gasteiger partial charge is 0.119 e. The van der Waals surface area contributed by atoms with E-state index in [1.807, 2.05) is 12.1 Å². The van der Waals surface area contributed by atoms with E-state index in [4.69, 9.17) is 4.74 Å². The van der Waals surface area contributed by atoms with Crippen molar-refractivity contribution >= 4 is 5.69 Å². The van der Waals surface area contributed by atoms with Crippen molar-refractivity contribution in [3.8, 4) is 5.75 Å². The predicted octanol–water partition coefficient (Wildman–Crippen LogP) is 3.84. The Balaban J connectivity index is 1.55. The average Bonchev–Trinajstić information content (AvgIpc) is 2.51. The van der Waals surface area contributed by atoms with E-state index in [1.165, 1.54) is 11.3 Å². The zero-order valence-corrected chi connectivity index (χ0v) is 11.9.